The van der Waals surface area contributed by atoms with Crippen LogP contribution in [0.2, 0.25) is 0 Å². The number of nitrogens with one attached hydrogen (secondary N) is 2. The number of sulfone groups is 1. The third-order valence-electron chi connectivity index (χ3n) is 3.12. The lowest BCUT2D eigenvalue weighted by atomic mass is 10.3. The van der Waals surface area contributed by atoms with E-state index in [0.29, 0.717) is 25.6 Å². The zero-order valence-corrected chi connectivity index (χ0v) is 14.7. The number of nitrogens with zero attached hydrogens (tertiary/aromatic N) is 4. The van der Waals surface area contributed by atoms with Crippen molar-refractivity contribution in [1.82, 2.24) is 25.4 Å². The van der Waals surface area contributed by atoms with Crippen LogP contribution in [0.15, 0.2) is 11.3 Å². The molecular weight excluding hydrogens is 304 g/mol. The summed E-state index contributed by atoms with van der Waals surface area (Å²) in [5.74, 6) is 1.36. The van der Waals surface area contributed by atoms with E-state index in [1.165, 1.54) is 6.33 Å². The molecule has 0 atom stereocenters. The molecule has 0 aliphatic rings. The summed E-state index contributed by atoms with van der Waals surface area (Å²) in [6.07, 6.45) is 1.47. The lowest BCUT2D eigenvalue weighted by Crippen LogP contribution is -2.41. The van der Waals surface area contributed by atoms with E-state index in [0.717, 1.165) is 5.82 Å². The smallest absolute Gasteiger partial charge is 0.191 e. The van der Waals surface area contributed by atoms with Crippen LogP contribution in [-0.2, 0) is 23.4 Å². The van der Waals surface area contributed by atoms with Crippen LogP contribution >= 0.6 is 0 Å². The molecule has 9 heteroatoms. The van der Waals surface area contributed by atoms with E-state index in [1.54, 1.807) is 32.5 Å². The molecule has 0 aliphatic carbocycles. The van der Waals surface area contributed by atoms with Crippen molar-refractivity contribution >= 4 is 15.8 Å². The fourth-order valence-corrected chi connectivity index (χ4v) is 2.55. The zero-order chi connectivity index (χ0) is 16.8. The fraction of sp³-hybridized carbons (Fsp3) is 0.769. The number of aryl methyl sites for hydroxylation is 1. The van der Waals surface area contributed by atoms with E-state index in [4.69, 9.17) is 0 Å². The topological polar surface area (TPSA) is 101 Å². The van der Waals surface area contributed by atoms with Gasteiger partial charge in [0.2, 0.25) is 0 Å². The molecule has 0 aliphatic heterocycles. The van der Waals surface area contributed by atoms with Crippen LogP contribution in [-0.4, -0.2) is 52.7 Å². The first-order valence-electron chi connectivity index (χ1n) is 7.24. The standard InChI is InChI=1S/C13H26N6O2S/c1-6-14-12(16-9-11-17-10-18-19(11)5)15-7-8-22(20,21)13(2,3)4/h10H,6-9H2,1-5H3,(H2,14,15,16). The molecule has 1 aromatic rings. The number of aliphatic imine (C=N–C) groups is 1. The second-order valence-electron chi connectivity index (χ2n) is 5.85. The Kier molecular flexibility index (Phi) is 6.34. The molecule has 22 heavy (non-hydrogen) atoms. The highest BCUT2D eigenvalue weighted by atomic mass is 32.2. The second-order valence-corrected chi connectivity index (χ2v) is 8.72. The van der Waals surface area contributed by atoms with E-state index in [9.17, 15) is 8.42 Å². The Morgan fingerprint density at radius 1 is 1.36 bits per heavy atom. The molecule has 2 N–H and O–H groups in total. The molecule has 1 aromatic heterocycles. The summed E-state index contributed by atoms with van der Waals surface area (Å²) < 4.78 is 25.0. The number of rotatable bonds is 6. The first-order chi connectivity index (χ1) is 10.2. The van der Waals surface area contributed by atoms with Crippen LogP contribution in [0.4, 0.5) is 0 Å². The van der Waals surface area contributed by atoms with Gasteiger partial charge in [0.25, 0.3) is 0 Å². The van der Waals surface area contributed by atoms with Gasteiger partial charge >= 0.3 is 0 Å². The summed E-state index contributed by atoms with van der Waals surface area (Å²) in [5, 5.41) is 10.1. The van der Waals surface area contributed by atoms with E-state index in [1.807, 2.05) is 6.92 Å². The SMILES string of the molecule is CCNC(=NCc1ncnn1C)NCCS(=O)(=O)C(C)(C)C. The van der Waals surface area contributed by atoms with Crippen molar-refractivity contribution in [3.05, 3.63) is 12.2 Å². The quantitative estimate of drug-likeness (QED) is 0.566. The van der Waals surface area contributed by atoms with Crippen molar-refractivity contribution in [2.75, 3.05) is 18.8 Å². The van der Waals surface area contributed by atoms with E-state index in [2.05, 4.69) is 25.7 Å². The summed E-state index contributed by atoms with van der Waals surface area (Å²) in [7, 11) is -1.35. The van der Waals surface area contributed by atoms with Gasteiger partial charge in [-0.2, -0.15) is 5.10 Å². The molecule has 0 fully saturated rings. The Hall–Kier alpha value is -1.64. The van der Waals surface area contributed by atoms with Crippen LogP contribution in [0, 0.1) is 0 Å². The van der Waals surface area contributed by atoms with Crippen LogP contribution in [0.25, 0.3) is 0 Å². The average Bonchev–Trinajstić information content (AvgIpc) is 2.80. The first kappa shape index (κ1) is 18.4. The zero-order valence-electron chi connectivity index (χ0n) is 13.9. The molecule has 8 nitrogen and oxygen atoms in total. The maximum atomic E-state index is 12.1. The van der Waals surface area contributed by atoms with Gasteiger partial charge in [0.05, 0.1) is 10.5 Å². The summed E-state index contributed by atoms with van der Waals surface area (Å²) >= 11 is 0. The highest BCUT2D eigenvalue weighted by Crippen LogP contribution is 2.15. The lowest BCUT2D eigenvalue weighted by Gasteiger charge is -2.19. The third kappa shape index (κ3) is 5.28. The van der Waals surface area contributed by atoms with Crippen LogP contribution in [0.1, 0.15) is 33.5 Å². The number of hydrogen-bond donors (Lipinski definition) is 2. The molecule has 0 saturated carbocycles. The van der Waals surface area contributed by atoms with Gasteiger partial charge in [-0.15, -0.1) is 0 Å². The first-order valence-corrected chi connectivity index (χ1v) is 8.90. The van der Waals surface area contributed by atoms with Gasteiger partial charge in [-0.1, -0.05) is 0 Å². The third-order valence-corrected chi connectivity index (χ3v) is 5.73. The number of aromatic nitrogens is 3. The highest BCUT2D eigenvalue weighted by Gasteiger charge is 2.28. The van der Waals surface area contributed by atoms with E-state index < -0.39 is 14.6 Å². The van der Waals surface area contributed by atoms with Crippen molar-refractivity contribution in [1.29, 1.82) is 0 Å². The van der Waals surface area contributed by atoms with Crippen molar-refractivity contribution in [2.24, 2.45) is 12.0 Å². The monoisotopic (exact) mass is 330 g/mol. The summed E-state index contributed by atoms with van der Waals surface area (Å²) in [6.45, 7) is 8.44. The molecule has 1 heterocycles. The van der Waals surface area contributed by atoms with Gasteiger partial charge in [0.15, 0.2) is 15.8 Å². The van der Waals surface area contributed by atoms with Crippen LogP contribution in [0.3, 0.4) is 0 Å². The van der Waals surface area contributed by atoms with Gasteiger partial charge in [0, 0.05) is 20.1 Å². The van der Waals surface area contributed by atoms with Gasteiger partial charge < -0.3 is 10.6 Å². The molecule has 1 rings (SSSR count). The molecule has 126 valence electrons. The minimum atomic E-state index is -3.14. The largest absolute Gasteiger partial charge is 0.357 e. The lowest BCUT2D eigenvalue weighted by molar-refractivity contribution is 0.559. The number of guanidine groups is 1. The summed E-state index contributed by atoms with van der Waals surface area (Å²) in [5.41, 5.74) is 0. The Morgan fingerprint density at radius 2 is 2.05 bits per heavy atom. The van der Waals surface area contributed by atoms with Crippen molar-refractivity contribution < 1.29 is 8.42 Å². The Labute approximate surface area is 132 Å². The molecule has 0 spiro atoms. The van der Waals surface area contributed by atoms with Crippen LogP contribution < -0.4 is 10.6 Å². The molecule has 0 radical (unpaired) electrons. The van der Waals surface area contributed by atoms with Gasteiger partial charge in [-0.25, -0.2) is 18.4 Å². The van der Waals surface area contributed by atoms with E-state index >= 15 is 0 Å². The minimum Gasteiger partial charge on any atom is -0.357 e. The van der Waals surface area contributed by atoms with Gasteiger partial charge in [-0.3, -0.25) is 4.68 Å². The molecule has 0 saturated heterocycles. The number of hydrogen-bond acceptors (Lipinski definition) is 5. The molecule has 0 amide bonds. The minimum absolute atomic E-state index is 0.0604. The molecular formula is C13H26N6O2S. The molecule has 0 unspecified atom stereocenters. The van der Waals surface area contributed by atoms with E-state index in [-0.39, 0.29) is 5.75 Å². The maximum Gasteiger partial charge on any atom is 0.191 e. The normalized spacial score (nSPS) is 13.2. The maximum absolute atomic E-state index is 12.1. The summed E-state index contributed by atoms with van der Waals surface area (Å²) in [6, 6.07) is 0. The molecule has 0 aromatic carbocycles. The van der Waals surface area contributed by atoms with Crippen molar-refractivity contribution in [3.8, 4) is 0 Å². The van der Waals surface area contributed by atoms with Gasteiger partial charge in [0.1, 0.15) is 18.7 Å². The van der Waals surface area contributed by atoms with Crippen LogP contribution in [0.5, 0.6) is 0 Å². The Morgan fingerprint density at radius 3 is 2.55 bits per heavy atom. The highest BCUT2D eigenvalue weighted by molar-refractivity contribution is 7.92. The summed E-state index contributed by atoms with van der Waals surface area (Å²) in [4.78, 5) is 8.47. The van der Waals surface area contributed by atoms with Crippen molar-refractivity contribution in [3.63, 3.8) is 0 Å². The van der Waals surface area contributed by atoms with Crippen molar-refractivity contribution in [2.45, 2.75) is 39.0 Å². The second kappa shape index (κ2) is 7.57. The van der Waals surface area contributed by atoms with Gasteiger partial charge in [-0.05, 0) is 27.7 Å². The predicted molar refractivity (Wildman–Crippen MR) is 87.4 cm³/mol. The predicted octanol–water partition coefficient (Wildman–Crippen LogP) is 0.0835. The Bertz CT molecular complexity index is 600. The average molecular weight is 330 g/mol. The Balaban J connectivity index is 2.60. The fourth-order valence-electron chi connectivity index (χ4n) is 1.56. The molecule has 0 bridgehead atoms.